The van der Waals surface area contributed by atoms with Crippen molar-refractivity contribution in [3.05, 3.63) is 243 Å². The van der Waals surface area contributed by atoms with Gasteiger partial charge in [0, 0.05) is 32.7 Å². The number of nitrogens with zero attached hydrogens (tertiary/aromatic N) is 2. The number of hydrogen-bond donors (Lipinski definition) is 0. The Bertz CT molecular complexity index is 4010. The summed E-state index contributed by atoms with van der Waals surface area (Å²) in [6.07, 6.45) is 1.94. The van der Waals surface area contributed by atoms with Gasteiger partial charge in [-0.25, -0.2) is 4.98 Å². The highest BCUT2D eigenvalue weighted by molar-refractivity contribution is 6.24. The highest BCUT2D eigenvalue weighted by Gasteiger charge is 2.18. The van der Waals surface area contributed by atoms with Crippen LogP contribution in [0.5, 0.6) is 0 Å². The number of rotatable bonds is 7. The van der Waals surface area contributed by atoms with E-state index in [-0.39, 0.29) is 0 Å². The minimum absolute atomic E-state index is 0.824. The summed E-state index contributed by atoms with van der Waals surface area (Å²) >= 11 is 0. The fourth-order valence-corrected chi connectivity index (χ4v) is 9.91. The van der Waals surface area contributed by atoms with Crippen LogP contribution in [0.25, 0.3) is 133 Å². The normalized spacial score (nSPS) is 11.6. The van der Waals surface area contributed by atoms with Gasteiger partial charge in [-0.1, -0.05) is 188 Å². The highest BCUT2D eigenvalue weighted by Crippen LogP contribution is 2.43. The van der Waals surface area contributed by atoms with Crippen LogP contribution in [-0.2, 0) is 0 Å². The lowest BCUT2D eigenvalue weighted by Crippen LogP contribution is -1.93. The third kappa shape index (κ3) is 6.84. The van der Waals surface area contributed by atoms with E-state index in [0.29, 0.717) is 0 Å². The lowest BCUT2D eigenvalue weighted by molar-refractivity contribution is 0.670. The van der Waals surface area contributed by atoms with Crippen molar-refractivity contribution >= 4 is 54.5 Å². The van der Waals surface area contributed by atoms with Gasteiger partial charge in [0.1, 0.15) is 11.2 Å². The summed E-state index contributed by atoms with van der Waals surface area (Å²) in [4.78, 5) is 10.8. The van der Waals surface area contributed by atoms with Crippen LogP contribution >= 0.6 is 0 Å². The molecular formula is C64H40N2O. The average Bonchev–Trinajstić information content (AvgIpc) is 3.79. The summed E-state index contributed by atoms with van der Waals surface area (Å²) in [6.45, 7) is 0. The first kappa shape index (κ1) is 38.5. The van der Waals surface area contributed by atoms with Crippen LogP contribution in [0, 0.1) is 0 Å². The van der Waals surface area contributed by atoms with E-state index in [1.807, 2.05) is 6.20 Å². The first-order valence-corrected chi connectivity index (χ1v) is 22.8. The molecule has 0 aliphatic heterocycles. The monoisotopic (exact) mass is 852 g/mol. The van der Waals surface area contributed by atoms with Gasteiger partial charge in [0.25, 0.3) is 0 Å². The van der Waals surface area contributed by atoms with Crippen LogP contribution in [0.3, 0.4) is 0 Å². The number of fused-ring (bicyclic) bond motifs is 9. The van der Waals surface area contributed by atoms with E-state index >= 15 is 0 Å². The van der Waals surface area contributed by atoms with Gasteiger partial charge in [0.2, 0.25) is 0 Å². The second kappa shape index (κ2) is 16.0. The summed E-state index contributed by atoms with van der Waals surface area (Å²) in [7, 11) is 0. The van der Waals surface area contributed by atoms with Crippen molar-refractivity contribution in [1.82, 2.24) is 9.97 Å². The van der Waals surface area contributed by atoms with E-state index in [9.17, 15) is 0 Å². The minimum atomic E-state index is 0.824. The zero-order chi connectivity index (χ0) is 44.3. The van der Waals surface area contributed by atoms with Crippen molar-refractivity contribution in [2.45, 2.75) is 0 Å². The van der Waals surface area contributed by atoms with Gasteiger partial charge in [0.15, 0.2) is 0 Å². The molecule has 3 nitrogen and oxygen atoms in total. The summed E-state index contributed by atoms with van der Waals surface area (Å²) < 4.78 is 6.78. The van der Waals surface area contributed by atoms with E-state index in [1.165, 1.54) is 16.7 Å². The van der Waals surface area contributed by atoms with Crippen molar-refractivity contribution in [1.29, 1.82) is 0 Å². The number of hydrogen-bond acceptors (Lipinski definition) is 3. The molecule has 0 aliphatic rings. The molecule has 13 rings (SSSR count). The second-order valence-corrected chi connectivity index (χ2v) is 17.3. The smallest absolute Gasteiger partial charge is 0.143 e. The van der Waals surface area contributed by atoms with Crippen molar-refractivity contribution in [2.75, 3.05) is 0 Å². The molecule has 0 spiro atoms. The molecule has 0 saturated carbocycles. The molecule has 67 heavy (non-hydrogen) atoms. The Morgan fingerprint density at radius 2 is 0.701 bits per heavy atom. The standard InChI is InChI=1S/C64H40N2O/c1-5-15-41(16-6-1)47-27-30-53-54-31-28-48(42-17-7-2-8-18-42)37-58(54)63-62(57(53)36-47)65-40-60(66-63)51-26-14-24-46(34-51)45-23-13-25-50(33-45)55-38-52(44-21-11-4-12-22-44)39-59-56-35-49(43-19-9-3-10-20-43)29-32-61(56)67-64(55)59/h1-40H. The Labute approximate surface area is 387 Å². The fraction of sp³-hybridized carbons (Fsp3) is 0. The molecule has 0 N–H and O–H groups in total. The first-order chi connectivity index (χ1) is 33.2. The Hall–Kier alpha value is -8.92. The van der Waals surface area contributed by atoms with Crippen LogP contribution < -0.4 is 0 Å². The van der Waals surface area contributed by atoms with Gasteiger partial charge in [0.05, 0.1) is 22.9 Å². The minimum Gasteiger partial charge on any atom is -0.455 e. The third-order valence-electron chi connectivity index (χ3n) is 13.3. The SMILES string of the molecule is c1ccc(-c2ccc3oc4c(-c5cccc(-c6cccc(-c7cnc8c9cc(-c%10ccccc%10)ccc9c9ccc(-c%10ccccc%10)cc9c8n7)c6)c5)cc(-c5ccccc5)cc4c3c2)cc1. The molecule has 3 heteroatoms. The van der Waals surface area contributed by atoms with E-state index in [4.69, 9.17) is 14.4 Å². The predicted octanol–water partition coefficient (Wildman–Crippen LogP) is 17.5. The van der Waals surface area contributed by atoms with Gasteiger partial charge in [-0.05, 0) is 121 Å². The number of benzene rings is 11. The maximum absolute atomic E-state index is 6.78. The van der Waals surface area contributed by atoms with Gasteiger partial charge in [-0.15, -0.1) is 0 Å². The van der Waals surface area contributed by atoms with E-state index in [1.54, 1.807) is 0 Å². The van der Waals surface area contributed by atoms with Crippen LogP contribution in [0.1, 0.15) is 0 Å². The largest absolute Gasteiger partial charge is 0.455 e. The second-order valence-electron chi connectivity index (χ2n) is 17.3. The maximum Gasteiger partial charge on any atom is 0.143 e. The van der Waals surface area contributed by atoms with Crippen LogP contribution in [0.2, 0.25) is 0 Å². The Balaban J connectivity index is 0.945. The lowest BCUT2D eigenvalue weighted by Gasteiger charge is -2.14. The lowest BCUT2D eigenvalue weighted by atomic mass is 9.93. The molecule has 0 bridgehead atoms. The van der Waals surface area contributed by atoms with Gasteiger partial charge < -0.3 is 4.42 Å². The molecule has 0 radical (unpaired) electrons. The van der Waals surface area contributed by atoms with Crippen LogP contribution in [-0.4, -0.2) is 9.97 Å². The molecule has 2 aromatic heterocycles. The van der Waals surface area contributed by atoms with Gasteiger partial charge >= 0.3 is 0 Å². The molecule has 2 heterocycles. The highest BCUT2D eigenvalue weighted by atomic mass is 16.3. The molecule has 11 aromatic carbocycles. The fourth-order valence-electron chi connectivity index (χ4n) is 9.91. The Morgan fingerprint density at radius 3 is 1.28 bits per heavy atom. The molecule has 0 aliphatic carbocycles. The van der Waals surface area contributed by atoms with Crippen molar-refractivity contribution in [3.8, 4) is 78.0 Å². The molecule has 0 amide bonds. The predicted molar refractivity (Wildman–Crippen MR) is 280 cm³/mol. The summed E-state index contributed by atoms with van der Waals surface area (Å²) in [5.74, 6) is 0. The molecule has 0 unspecified atom stereocenters. The molecule has 312 valence electrons. The van der Waals surface area contributed by atoms with Crippen LogP contribution in [0.15, 0.2) is 247 Å². The molecular weight excluding hydrogens is 813 g/mol. The summed E-state index contributed by atoms with van der Waals surface area (Å²) in [5.41, 5.74) is 19.0. The van der Waals surface area contributed by atoms with E-state index in [2.05, 4.69) is 237 Å². The first-order valence-electron chi connectivity index (χ1n) is 22.8. The van der Waals surface area contributed by atoms with E-state index in [0.717, 1.165) is 116 Å². The zero-order valence-corrected chi connectivity index (χ0v) is 36.4. The quantitative estimate of drug-likeness (QED) is 0.150. The Kier molecular flexibility index (Phi) is 9.17. The number of aromatic nitrogens is 2. The topological polar surface area (TPSA) is 38.9 Å². The third-order valence-corrected chi connectivity index (χ3v) is 13.3. The molecule has 13 aromatic rings. The number of furan rings is 1. The summed E-state index contributed by atoms with van der Waals surface area (Å²) in [5, 5.41) is 6.69. The van der Waals surface area contributed by atoms with Gasteiger partial charge in [-0.3, -0.25) is 4.98 Å². The molecule has 0 atom stereocenters. The summed E-state index contributed by atoms with van der Waals surface area (Å²) in [6, 6.07) is 84.3. The van der Waals surface area contributed by atoms with E-state index < -0.39 is 0 Å². The molecule has 0 saturated heterocycles. The van der Waals surface area contributed by atoms with Crippen molar-refractivity contribution in [2.24, 2.45) is 0 Å². The zero-order valence-electron chi connectivity index (χ0n) is 36.4. The maximum atomic E-state index is 6.78. The van der Waals surface area contributed by atoms with Crippen LogP contribution in [0.4, 0.5) is 0 Å². The molecule has 0 fully saturated rings. The van der Waals surface area contributed by atoms with Crippen molar-refractivity contribution < 1.29 is 4.42 Å². The average molecular weight is 853 g/mol. The van der Waals surface area contributed by atoms with Crippen molar-refractivity contribution in [3.63, 3.8) is 0 Å². The van der Waals surface area contributed by atoms with Gasteiger partial charge in [-0.2, -0.15) is 0 Å². The Morgan fingerprint density at radius 1 is 0.269 bits per heavy atom.